The molecule has 20 heavy (non-hydrogen) atoms. The van der Waals surface area contributed by atoms with E-state index in [2.05, 4.69) is 11.4 Å². The van der Waals surface area contributed by atoms with Gasteiger partial charge in [0.25, 0.3) is 0 Å². The largest absolute Gasteiger partial charge is 0.496 e. The van der Waals surface area contributed by atoms with Crippen molar-refractivity contribution in [1.82, 2.24) is 0 Å². The molecule has 0 radical (unpaired) electrons. The first kappa shape index (κ1) is 14.5. The predicted molar refractivity (Wildman–Crippen MR) is 81.5 cm³/mol. The van der Waals surface area contributed by atoms with E-state index >= 15 is 0 Å². The molecule has 0 aliphatic carbocycles. The molecule has 0 spiro atoms. The van der Waals surface area contributed by atoms with Gasteiger partial charge in [-0.05, 0) is 36.4 Å². The highest BCUT2D eigenvalue weighted by Gasteiger charge is 2.05. The lowest BCUT2D eigenvalue weighted by molar-refractivity contribution is 0.410. The highest BCUT2D eigenvalue weighted by Crippen LogP contribution is 2.26. The van der Waals surface area contributed by atoms with Crippen molar-refractivity contribution in [3.05, 3.63) is 57.6 Å². The van der Waals surface area contributed by atoms with Crippen LogP contribution in [0.2, 0.25) is 10.0 Å². The van der Waals surface area contributed by atoms with Gasteiger partial charge in [-0.15, -0.1) is 0 Å². The van der Waals surface area contributed by atoms with Gasteiger partial charge in [-0.25, -0.2) is 0 Å². The third-order valence-electron chi connectivity index (χ3n) is 2.81. The molecule has 1 N–H and O–H groups in total. The zero-order valence-electron chi connectivity index (χ0n) is 10.8. The van der Waals surface area contributed by atoms with Crippen LogP contribution in [0.25, 0.3) is 0 Å². The molecule has 0 aliphatic heterocycles. The summed E-state index contributed by atoms with van der Waals surface area (Å²) in [6.45, 7) is 0.524. The van der Waals surface area contributed by atoms with E-state index in [4.69, 9.17) is 33.2 Å². The Labute approximate surface area is 127 Å². The first-order chi connectivity index (χ1) is 9.63. The number of nitriles is 1. The van der Waals surface area contributed by atoms with Crippen LogP contribution < -0.4 is 10.1 Å². The average Bonchev–Trinajstić information content (AvgIpc) is 2.48. The monoisotopic (exact) mass is 306 g/mol. The summed E-state index contributed by atoms with van der Waals surface area (Å²) in [4.78, 5) is 0. The summed E-state index contributed by atoms with van der Waals surface area (Å²) >= 11 is 11.8. The Kier molecular flexibility index (Phi) is 4.73. The van der Waals surface area contributed by atoms with Crippen molar-refractivity contribution in [2.75, 3.05) is 12.4 Å². The van der Waals surface area contributed by atoms with Crippen molar-refractivity contribution < 1.29 is 4.74 Å². The second-order valence-corrected chi connectivity index (χ2v) is 4.94. The fraction of sp³-hybridized carbons (Fsp3) is 0.133. The van der Waals surface area contributed by atoms with Crippen molar-refractivity contribution in [1.29, 1.82) is 5.26 Å². The fourth-order valence-electron chi connectivity index (χ4n) is 1.79. The summed E-state index contributed by atoms with van der Waals surface area (Å²) in [6.07, 6.45) is 0. The lowest BCUT2D eigenvalue weighted by Crippen LogP contribution is -2.02. The number of halogens is 2. The number of hydrogen-bond donors (Lipinski definition) is 1. The highest BCUT2D eigenvalue weighted by atomic mass is 35.5. The standard InChI is InChI=1S/C15H12Cl2N2O/c1-20-15-5-2-10(8-18)6-11(15)9-19-12-3-4-13(16)14(17)7-12/h2-7,19H,9H2,1H3. The zero-order valence-corrected chi connectivity index (χ0v) is 12.3. The molecule has 0 fully saturated rings. The molecule has 0 aliphatic rings. The van der Waals surface area contributed by atoms with Crippen LogP contribution in [0.3, 0.4) is 0 Å². The van der Waals surface area contributed by atoms with Gasteiger partial charge in [0, 0.05) is 17.8 Å². The SMILES string of the molecule is COc1ccc(C#N)cc1CNc1ccc(Cl)c(Cl)c1. The van der Waals surface area contributed by atoms with E-state index in [-0.39, 0.29) is 0 Å². The molecule has 0 bridgehead atoms. The molecule has 0 saturated carbocycles. The second kappa shape index (κ2) is 6.51. The van der Waals surface area contributed by atoms with Gasteiger partial charge >= 0.3 is 0 Å². The Morgan fingerprint density at radius 1 is 1.15 bits per heavy atom. The number of ether oxygens (including phenoxy) is 1. The smallest absolute Gasteiger partial charge is 0.123 e. The zero-order chi connectivity index (χ0) is 14.5. The third kappa shape index (κ3) is 3.36. The van der Waals surface area contributed by atoms with Crippen LogP contribution in [0.1, 0.15) is 11.1 Å². The van der Waals surface area contributed by atoms with Crippen molar-refractivity contribution >= 4 is 28.9 Å². The number of nitrogens with one attached hydrogen (secondary N) is 1. The molecule has 0 atom stereocenters. The Morgan fingerprint density at radius 3 is 2.60 bits per heavy atom. The number of methoxy groups -OCH3 is 1. The summed E-state index contributed by atoms with van der Waals surface area (Å²) < 4.78 is 5.28. The first-order valence-corrected chi connectivity index (χ1v) is 6.65. The van der Waals surface area contributed by atoms with E-state index in [1.54, 1.807) is 37.4 Å². The van der Waals surface area contributed by atoms with Gasteiger partial charge in [-0.2, -0.15) is 5.26 Å². The molecule has 2 rings (SSSR count). The van der Waals surface area contributed by atoms with Crippen molar-refractivity contribution in [3.63, 3.8) is 0 Å². The Hall–Kier alpha value is -1.89. The van der Waals surface area contributed by atoms with Gasteiger partial charge in [0.1, 0.15) is 5.75 Å². The van der Waals surface area contributed by atoms with Crippen LogP contribution in [0.15, 0.2) is 36.4 Å². The van der Waals surface area contributed by atoms with Crippen LogP contribution in [-0.2, 0) is 6.54 Å². The number of benzene rings is 2. The van der Waals surface area contributed by atoms with Crippen LogP contribution in [0, 0.1) is 11.3 Å². The molecule has 0 aromatic heterocycles. The molecule has 2 aromatic rings. The maximum atomic E-state index is 8.93. The maximum Gasteiger partial charge on any atom is 0.123 e. The number of rotatable bonds is 4. The second-order valence-electron chi connectivity index (χ2n) is 4.12. The van der Waals surface area contributed by atoms with Gasteiger partial charge in [0.2, 0.25) is 0 Å². The lowest BCUT2D eigenvalue weighted by atomic mass is 10.1. The molecule has 3 nitrogen and oxygen atoms in total. The van der Waals surface area contributed by atoms with E-state index in [9.17, 15) is 0 Å². The van der Waals surface area contributed by atoms with Crippen LogP contribution >= 0.6 is 23.2 Å². The summed E-state index contributed by atoms with van der Waals surface area (Å²) in [5.41, 5.74) is 2.35. The summed E-state index contributed by atoms with van der Waals surface area (Å²) in [7, 11) is 1.60. The van der Waals surface area contributed by atoms with Gasteiger partial charge in [0.05, 0.1) is 28.8 Å². The molecular weight excluding hydrogens is 295 g/mol. The molecule has 0 saturated heterocycles. The predicted octanol–water partition coefficient (Wildman–Crippen LogP) is 4.49. The van der Waals surface area contributed by atoms with E-state index in [1.807, 2.05) is 6.07 Å². The molecule has 0 heterocycles. The van der Waals surface area contributed by atoms with E-state index < -0.39 is 0 Å². The first-order valence-electron chi connectivity index (χ1n) is 5.90. The lowest BCUT2D eigenvalue weighted by Gasteiger charge is -2.11. The summed E-state index contributed by atoms with van der Waals surface area (Å²) in [6, 6.07) is 12.7. The van der Waals surface area contributed by atoms with Crippen molar-refractivity contribution in [3.8, 4) is 11.8 Å². The van der Waals surface area contributed by atoms with Crippen LogP contribution in [-0.4, -0.2) is 7.11 Å². The quantitative estimate of drug-likeness (QED) is 0.905. The maximum absolute atomic E-state index is 8.93. The minimum absolute atomic E-state index is 0.495. The van der Waals surface area contributed by atoms with Gasteiger partial charge < -0.3 is 10.1 Å². The molecule has 0 amide bonds. The minimum atomic E-state index is 0.495. The van der Waals surface area contributed by atoms with Gasteiger partial charge in [0.15, 0.2) is 0 Å². The number of hydrogen-bond acceptors (Lipinski definition) is 3. The molecule has 102 valence electrons. The van der Waals surface area contributed by atoms with Crippen molar-refractivity contribution in [2.24, 2.45) is 0 Å². The van der Waals surface area contributed by atoms with Gasteiger partial charge in [-0.1, -0.05) is 23.2 Å². The van der Waals surface area contributed by atoms with Crippen LogP contribution in [0.5, 0.6) is 5.75 Å². The number of nitrogens with zero attached hydrogens (tertiary/aromatic N) is 1. The summed E-state index contributed by atoms with van der Waals surface area (Å²) in [5.74, 6) is 0.733. The van der Waals surface area contributed by atoms with Crippen molar-refractivity contribution in [2.45, 2.75) is 6.54 Å². The minimum Gasteiger partial charge on any atom is -0.496 e. The molecule has 5 heteroatoms. The normalized spacial score (nSPS) is 9.90. The molecular formula is C15H12Cl2N2O. The Balaban J connectivity index is 2.17. The highest BCUT2D eigenvalue weighted by molar-refractivity contribution is 6.42. The third-order valence-corrected chi connectivity index (χ3v) is 3.55. The summed E-state index contributed by atoms with van der Waals surface area (Å²) in [5, 5.41) is 13.2. The van der Waals surface area contributed by atoms with E-state index in [0.717, 1.165) is 17.0 Å². The van der Waals surface area contributed by atoms with E-state index in [1.165, 1.54) is 0 Å². The molecule has 2 aromatic carbocycles. The Morgan fingerprint density at radius 2 is 1.95 bits per heavy atom. The van der Waals surface area contributed by atoms with E-state index in [0.29, 0.717) is 22.2 Å². The van der Waals surface area contributed by atoms with Gasteiger partial charge in [-0.3, -0.25) is 0 Å². The Bertz CT molecular complexity index is 665. The topological polar surface area (TPSA) is 45.0 Å². The molecule has 0 unspecified atom stereocenters. The van der Waals surface area contributed by atoms with Crippen LogP contribution in [0.4, 0.5) is 5.69 Å². The number of anilines is 1. The average molecular weight is 307 g/mol. The fourth-order valence-corrected chi connectivity index (χ4v) is 2.09.